The third kappa shape index (κ3) is 4.55. The number of amides is 1. The summed E-state index contributed by atoms with van der Waals surface area (Å²) in [6.45, 7) is 1.87. The van der Waals surface area contributed by atoms with Gasteiger partial charge in [0.2, 0.25) is 10.0 Å². The Morgan fingerprint density at radius 3 is 2.40 bits per heavy atom. The standard InChI is InChI=1S/C17H19FN2O4S/c1-3-16(11-4-6-12(24-2)7-5-11)20-17(21)14-10-13(25(19,22)23)8-9-15(14)18/h4-10,16H,3H2,1-2H3,(H,20,21)(H2,19,22,23). The zero-order valence-corrected chi connectivity index (χ0v) is 14.6. The predicted molar refractivity (Wildman–Crippen MR) is 91.3 cm³/mol. The molecule has 2 aromatic carbocycles. The molecule has 8 heteroatoms. The third-order valence-corrected chi connectivity index (χ3v) is 4.65. The Morgan fingerprint density at radius 1 is 1.24 bits per heavy atom. The minimum atomic E-state index is -4.03. The summed E-state index contributed by atoms with van der Waals surface area (Å²) >= 11 is 0. The first-order valence-electron chi connectivity index (χ1n) is 7.53. The van der Waals surface area contributed by atoms with Crippen molar-refractivity contribution in [2.45, 2.75) is 24.3 Å². The summed E-state index contributed by atoms with van der Waals surface area (Å²) in [6, 6.07) is 9.59. The van der Waals surface area contributed by atoms with Crippen molar-refractivity contribution in [2.24, 2.45) is 5.14 Å². The molecule has 0 bridgehead atoms. The van der Waals surface area contributed by atoms with Crippen LogP contribution in [0.2, 0.25) is 0 Å². The molecule has 0 heterocycles. The number of rotatable bonds is 6. The zero-order chi connectivity index (χ0) is 18.6. The Balaban J connectivity index is 2.27. The number of methoxy groups -OCH3 is 1. The summed E-state index contributed by atoms with van der Waals surface area (Å²) < 4.78 is 41.8. The van der Waals surface area contributed by atoms with Crippen LogP contribution in [0.4, 0.5) is 4.39 Å². The highest BCUT2D eigenvalue weighted by Crippen LogP contribution is 2.21. The average Bonchev–Trinajstić information content (AvgIpc) is 2.59. The molecular formula is C17H19FN2O4S. The van der Waals surface area contributed by atoms with E-state index in [1.54, 1.807) is 31.4 Å². The lowest BCUT2D eigenvalue weighted by molar-refractivity contribution is 0.0931. The molecule has 1 unspecified atom stereocenters. The highest BCUT2D eigenvalue weighted by Gasteiger charge is 2.20. The number of benzene rings is 2. The van der Waals surface area contributed by atoms with Crippen LogP contribution in [0.25, 0.3) is 0 Å². The van der Waals surface area contributed by atoms with Gasteiger partial charge in [-0.25, -0.2) is 17.9 Å². The average molecular weight is 366 g/mol. The predicted octanol–water partition coefficient (Wildman–Crippen LogP) is 2.36. The molecule has 3 N–H and O–H groups in total. The van der Waals surface area contributed by atoms with E-state index < -0.39 is 21.7 Å². The number of nitrogens with one attached hydrogen (secondary N) is 1. The molecule has 0 saturated heterocycles. The third-order valence-electron chi connectivity index (χ3n) is 3.74. The first kappa shape index (κ1) is 18.9. The molecule has 0 saturated carbocycles. The second kappa shape index (κ2) is 7.62. The monoisotopic (exact) mass is 366 g/mol. The van der Waals surface area contributed by atoms with Gasteiger partial charge in [-0.3, -0.25) is 4.79 Å². The molecule has 1 atom stereocenters. The van der Waals surface area contributed by atoms with E-state index in [0.29, 0.717) is 12.2 Å². The summed E-state index contributed by atoms with van der Waals surface area (Å²) in [7, 11) is -2.48. The number of primary sulfonamides is 1. The summed E-state index contributed by atoms with van der Waals surface area (Å²) in [5, 5.41) is 7.73. The van der Waals surface area contributed by atoms with Crippen LogP contribution in [-0.4, -0.2) is 21.4 Å². The zero-order valence-electron chi connectivity index (χ0n) is 13.8. The number of carbonyl (C=O) groups excluding carboxylic acids is 1. The van der Waals surface area contributed by atoms with Crippen LogP contribution in [-0.2, 0) is 10.0 Å². The van der Waals surface area contributed by atoms with E-state index in [2.05, 4.69) is 5.32 Å². The molecule has 1 amide bonds. The van der Waals surface area contributed by atoms with Crippen molar-refractivity contribution in [3.05, 3.63) is 59.4 Å². The molecule has 0 aliphatic heterocycles. The maximum atomic E-state index is 14.0. The van der Waals surface area contributed by atoms with Gasteiger partial charge in [0.25, 0.3) is 5.91 Å². The molecule has 0 radical (unpaired) electrons. The van der Waals surface area contributed by atoms with E-state index in [4.69, 9.17) is 9.88 Å². The van der Waals surface area contributed by atoms with Gasteiger partial charge in [-0.2, -0.15) is 0 Å². The van der Waals surface area contributed by atoms with Crippen molar-refractivity contribution >= 4 is 15.9 Å². The second-order valence-corrected chi connectivity index (χ2v) is 6.96. The molecule has 0 aliphatic carbocycles. The number of hydrogen-bond donors (Lipinski definition) is 2. The van der Waals surface area contributed by atoms with Gasteiger partial charge in [0, 0.05) is 0 Å². The lowest BCUT2D eigenvalue weighted by Crippen LogP contribution is -2.29. The van der Waals surface area contributed by atoms with E-state index in [1.165, 1.54) is 0 Å². The van der Waals surface area contributed by atoms with Crippen molar-refractivity contribution in [3.8, 4) is 5.75 Å². The molecule has 25 heavy (non-hydrogen) atoms. The van der Waals surface area contributed by atoms with Crippen LogP contribution < -0.4 is 15.2 Å². The minimum absolute atomic E-state index is 0.323. The van der Waals surface area contributed by atoms with Crippen LogP contribution in [0.5, 0.6) is 5.75 Å². The van der Waals surface area contributed by atoms with E-state index >= 15 is 0 Å². The maximum Gasteiger partial charge on any atom is 0.254 e. The number of nitrogens with two attached hydrogens (primary N) is 1. The smallest absolute Gasteiger partial charge is 0.254 e. The summed E-state index contributed by atoms with van der Waals surface area (Å²) in [6.07, 6.45) is 0.564. The van der Waals surface area contributed by atoms with Gasteiger partial charge in [-0.15, -0.1) is 0 Å². The first-order valence-corrected chi connectivity index (χ1v) is 9.08. The van der Waals surface area contributed by atoms with E-state index in [9.17, 15) is 17.6 Å². The van der Waals surface area contributed by atoms with Crippen molar-refractivity contribution in [1.29, 1.82) is 0 Å². The van der Waals surface area contributed by atoms with E-state index in [-0.39, 0.29) is 16.5 Å². The van der Waals surface area contributed by atoms with Gasteiger partial charge >= 0.3 is 0 Å². The van der Waals surface area contributed by atoms with Crippen molar-refractivity contribution in [1.82, 2.24) is 5.32 Å². The molecule has 0 spiro atoms. The van der Waals surface area contributed by atoms with Gasteiger partial charge in [0.1, 0.15) is 11.6 Å². The maximum absolute atomic E-state index is 14.0. The Labute approximate surface area is 145 Å². The Hall–Kier alpha value is -2.45. The van der Waals surface area contributed by atoms with Gasteiger partial charge in [-0.05, 0) is 42.3 Å². The molecule has 0 fully saturated rings. The summed E-state index contributed by atoms with van der Waals surface area (Å²) in [4.78, 5) is 12.1. The summed E-state index contributed by atoms with van der Waals surface area (Å²) in [5.74, 6) is -0.864. The molecule has 0 aromatic heterocycles. The lowest BCUT2D eigenvalue weighted by atomic mass is 10.0. The van der Waals surface area contributed by atoms with Crippen LogP contribution in [0.1, 0.15) is 35.3 Å². The molecule has 2 aromatic rings. The Bertz CT molecular complexity index is 867. The normalized spacial score (nSPS) is 12.5. The van der Waals surface area contributed by atoms with Gasteiger partial charge in [-0.1, -0.05) is 19.1 Å². The number of hydrogen-bond acceptors (Lipinski definition) is 4. The van der Waals surface area contributed by atoms with Crippen LogP contribution in [0, 0.1) is 5.82 Å². The highest BCUT2D eigenvalue weighted by atomic mass is 32.2. The largest absolute Gasteiger partial charge is 0.497 e. The molecule has 134 valence electrons. The molecule has 0 aliphatic rings. The number of sulfonamides is 1. The fourth-order valence-corrected chi connectivity index (χ4v) is 2.89. The van der Waals surface area contributed by atoms with Crippen molar-refractivity contribution in [3.63, 3.8) is 0 Å². The number of ether oxygens (including phenoxy) is 1. The van der Waals surface area contributed by atoms with Crippen LogP contribution in [0.15, 0.2) is 47.4 Å². The van der Waals surface area contributed by atoms with Gasteiger partial charge < -0.3 is 10.1 Å². The fraction of sp³-hybridized carbons (Fsp3) is 0.235. The van der Waals surface area contributed by atoms with E-state index in [1.807, 2.05) is 6.92 Å². The highest BCUT2D eigenvalue weighted by molar-refractivity contribution is 7.89. The second-order valence-electron chi connectivity index (χ2n) is 5.39. The minimum Gasteiger partial charge on any atom is -0.497 e. The quantitative estimate of drug-likeness (QED) is 0.820. The molecule has 2 rings (SSSR count). The van der Waals surface area contributed by atoms with Crippen molar-refractivity contribution < 1.29 is 22.3 Å². The summed E-state index contributed by atoms with van der Waals surface area (Å²) in [5.41, 5.74) is 0.443. The van der Waals surface area contributed by atoms with Gasteiger partial charge in [0.05, 0.1) is 23.6 Å². The van der Waals surface area contributed by atoms with Crippen LogP contribution in [0.3, 0.4) is 0 Å². The SMILES string of the molecule is CCC(NC(=O)c1cc(S(N)(=O)=O)ccc1F)c1ccc(OC)cc1. The lowest BCUT2D eigenvalue weighted by Gasteiger charge is -2.18. The Kier molecular flexibility index (Phi) is 5.76. The fourth-order valence-electron chi connectivity index (χ4n) is 2.35. The topological polar surface area (TPSA) is 98.5 Å². The Morgan fingerprint density at radius 2 is 1.88 bits per heavy atom. The van der Waals surface area contributed by atoms with Gasteiger partial charge in [0.15, 0.2) is 0 Å². The number of halogens is 1. The molecule has 6 nitrogen and oxygen atoms in total. The van der Waals surface area contributed by atoms with Crippen molar-refractivity contribution in [2.75, 3.05) is 7.11 Å². The van der Waals surface area contributed by atoms with E-state index in [0.717, 1.165) is 23.8 Å². The first-order chi connectivity index (χ1) is 11.8. The van der Waals surface area contributed by atoms with Crippen LogP contribution >= 0.6 is 0 Å². The number of carbonyl (C=O) groups is 1. The molecular weight excluding hydrogens is 347 g/mol.